The van der Waals surface area contributed by atoms with Gasteiger partial charge in [-0.3, -0.25) is 9.35 Å². The first-order chi connectivity index (χ1) is 32.1. The Balaban J connectivity index is 0.863. The molecule has 0 amide bonds. The van der Waals surface area contributed by atoms with Crippen LogP contribution in [0.3, 0.4) is 0 Å². The second-order valence-electron chi connectivity index (χ2n) is 16.2. The summed E-state index contributed by atoms with van der Waals surface area (Å²) in [6, 6.07) is 18.4. The molecule has 0 aliphatic carbocycles. The van der Waals surface area contributed by atoms with Crippen molar-refractivity contribution >= 4 is 33.9 Å². The summed E-state index contributed by atoms with van der Waals surface area (Å²) >= 11 is 0. The Morgan fingerprint density at radius 3 is 2.21 bits per heavy atom. The first-order valence-electron chi connectivity index (χ1n) is 21.7. The monoisotopic (exact) mass is 954 g/mol. The van der Waals surface area contributed by atoms with Crippen molar-refractivity contribution in [3.63, 3.8) is 0 Å². The molecule has 2 aromatic heterocycles. The highest BCUT2D eigenvalue weighted by Crippen LogP contribution is 2.42. The van der Waals surface area contributed by atoms with Crippen LogP contribution in [0, 0.1) is 17.6 Å². The van der Waals surface area contributed by atoms with E-state index in [0.29, 0.717) is 37.5 Å². The fraction of sp³-hybridized carbons (Fsp3) is 0.455. The molecule has 0 radical (unpaired) electrons. The molecule has 2 saturated heterocycles. The van der Waals surface area contributed by atoms with Crippen molar-refractivity contribution < 1.29 is 59.2 Å². The van der Waals surface area contributed by atoms with Gasteiger partial charge in [-0.25, -0.2) is 41.5 Å². The van der Waals surface area contributed by atoms with E-state index in [2.05, 4.69) is 29.2 Å². The summed E-state index contributed by atoms with van der Waals surface area (Å²) in [6.45, 7) is 8.20. The van der Waals surface area contributed by atoms with Crippen LogP contribution in [-0.2, 0) is 50.5 Å². The topological polar surface area (TPSA) is 221 Å². The highest BCUT2D eigenvalue weighted by atomic mass is 32.3. The highest BCUT2D eigenvalue weighted by molar-refractivity contribution is 7.80. The van der Waals surface area contributed by atoms with Gasteiger partial charge in [0.05, 0.1) is 38.1 Å². The predicted octanol–water partition coefficient (Wildman–Crippen LogP) is 5.22. The lowest BCUT2D eigenvalue weighted by atomic mass is 9.87. The number of carbonyl (C=O) groups excluding carboxylic acids is 2. The normalized spacial score (nSPS) is 18.9. The van der Waals surface area contributed by atoms with Crippen molar-refractivity contribution in [2.24, 2.45) is 5.92 Å². The molecular weight excluding hydrogens is 903 g/mol. The van der Waals surface area contributed by atoms with Gasteiger partial charge in [-0.05, 0) is 80.8 Å². The van der Waals surface area contributed by atoms with Gasteiger partial charge in [-0.1, -0.05) is 13.0 Å². The third-order valence-corrected chi connectivity index (χ3v) is 12.0. The van der Waals surface area contributed by atoms with E-state index in [1.807, 2.05) is 48.5 Å². The Hall–Kier alpha value is -6.43. The zero-order valence-electron chi connectivity index (χ0n) is 37.1. The molecule has 3 aromatic carbocycles. The molecule has 0 spiro atoms. The maximum Gasteiger partial charge on any atom is 0.511 e. The standard InChI is InChI=1S/C44H52F2N8O12S/c1-4-40(30(2)64-43(57)66-31(3)65-41(55)6-5-21-63-67(58,59)60)54-42(56)53(29-49-54)36-10-8-34(9-11-36)50-17-19-51(20-18-50)35-12-14-37(15-13-35)61-24-32-23-44(62-25-32,26-52-28-47-27-48-52)38-16-7-33(45)22-39(38)46/h7-16,22,27-32,40H,4-6,17-21,23-26H2,1-3H3,(H,58,59,60)/t30-,31?,32+,40-,44-/m0/s1. The summed E-state index contributed by atoms with van der Waals surface area (Å²) in [4.78, 5) is 46.6. The Bertz CT molecular complexity index is 2610. The van der Waals surface area contributed by atoms with Crippen LogP contribution in [0.5, 0.6) is 5.75 Å². The Labute approximate surface area is 384 Å². The van der Waals surface area contributed by atoms with Crippen LogP contribution in [0.25, 0.3) is 5.69 Å². The van der Waals surface area contributed by atoms with Gasteiger partial charge in [0.15, 0.2) is 0 Å². The van der Waals surface area contributed by atoms with Crippen LogP contribution in [-0.4, -0.2) is 113 Å². The zero-order valence-corrected chi connectivity index (χ0v) is 37.9. The van der Waals surface area contributed by atoms with Gasteiger partial charge in [0.2, 0.25) is 6.29 Å². The predicted molar refractivity (Wildman–Crippen MR) is 235 cm³/mol. The molecule has 2 aliphatic heterocycles. The molecule has 5 aromatic rings. The lowest BCUT2D eigenvalue weighted by Gasteiger charge is -2.37. The number of ether oxygens (including phenoxy) is 5. The van der Waals surface area contributed by atoms with Crippen molar-refractivity contribution in [2.45, 2.75) is 77.0 Å². The number of benzene rings is 3. The van der Waals surface area contributed by atoms with Crippen LogP contribution < -0.4 is 20.2 Å². The third-order valence-electron chi connectivity index (χ3n) is 11.5. The number of piperazine rings is 1. The number of anilines is 2. The van der Waals surface area contributed by atoms with E-state index < -0.39 is 70.5 Å². The molecule has 1 N–H and O–H groups in total. The molecule has 2 aliphatic rings. The summed E-state index contributed by atoms with van der Waals surface area (Å²) in [6.07, 6.45) is 1.47. The van der Waals surface area contributed by atoms with E-state index in [0.717, 1.165) is 43.6 Å². The molecule has 5 atom stereocenters. The number of hydrogen-bond donors (Lipinski definition) is 1. The second kappa shape index (κ2) is 21.5. The highest BCUT2D eigenvalue weighted by Gasteiger charge is 2.45. The molecule has 4 heterocycles. The summed E-state index contributed by atoms with van der Waals surface area (Å²) in [5, 5.41) is 8.48. The number of esters is 1. The Kier molecular flexibility index (Phi) is 15.5. The first-order valence-corrected chi connectivity index (χ1v) is 23.1. The fourth-order valence-corrected chi connectivity index (χ4v) is 8.60. The van der Waals surface area contributed by atoms with Crippen LogP contribution in [0.15, 0.2) is 90.5 Å². The van der Waals surface area contributed by atoms with Gasteiger partial charge < -0.3 is 33.5 Å². The molecule has 360 valence electrons. The maximum atomic E-state index is 15.0. The Morgan fingerprint density at radius 1 is 0.910 bits per heavy atom. The number of nitrogens with zero attached hydrogens (tertiary/aromatic N) is 8. The smallest absolute Gasteiger partial charge is 0.493 e. The van der Waals surface area contributed by atoms with Gasteiger partial charge in [0.1, 0.15) is 48.1 Å². The third kappa shape index (κ3) is 12.5. The molecule has 20 nitrogen and oxygen atoms in total. The number of halogens is 2. The quantitative estimate of drug-likeness (QED) is 0.0457. The number of carbonyl (C=O) groups is 2. The zero-order chi connectivity index (χ0) is 47.7. The molecule has 0 saturated carbocycles. The van der Waals surface area contributed by atoms with Crippen molar-refractivity contribution in [1.29, 1.82) is 0 Å². The molecule has 67 heavy (non-hydrogen) atoms. The Morgan fingerprint density at radius 2 is 1.58 bits per heavy atom. The lowest BCUT2D eigenvalue weighted by molar-refractivity contribution is -0.169. The van der Waals surface area contributed by atoms with Crippen molar-refractivity contribution in [1.82, 2.24) is 29.1 Å². The molecule has 23 heteroatoms. The summed E-state index contributed by atoms with van der Waals surface area (Å²) in [5.41, 5.74) is 1.41. The summed E-state index contributed by atoms with van der Waals surface area (Å²) in [5.74, 6) is -1.50. The van der Waals surface area contributed by atoms with Crippen LogP contribution in [0.2, 0.25) is 0 Å². The van der Waals surface area contributed by atoms with Gasteiger partial charge in [0.25, 0.3) is 0 Å². The van der Waals surface area contributed by atoms with Crippen molar-refractivity contribution in [3.8, 4) is 11.4 Å². The lowest BCUT2D eigenvalue weighted by Crippen LogP contribution is -2.46. The van der Waals surface area contributed by atoms with E-state index in [9.17, 15) is 27.2 Å². The van der Waals surface area contributed by atoms with E-state index in [-0.39, 0.29) is 30.9 Å². The molecule has 2 fully saturated rings. The molecule has 7 rings (SSSR count). The minimum absolute atomic E-state index is 0.0529. The van der Waals surface area contributed by atoms with Gasteiger partial charge >= 0.3 is 28.2 Å². The molecular formula is C44H52F2N8O12S. The van der Waals surface area contributed by atoms with Crippen molar-refractivity contribution in [2.75, 3.05) is 55.8 Å². The van der Waals surface area contributed by atoms with E-state index in [1.54, 1.807) is 18.5 Å². The van der Waals surface area contributed by atoms with Crippen LogP contribution >= 0.6 is 0 Å². The summed E-state index contributed by atoms with van der Waals surface area (Å²) in [7, 11) is -4.63. The minimum atomic E-state index is -4.63. The minimum Gasteiger partial charge on any atom is -0.493 e. The summed E-state index contributed by atoms with van der Waals surface area (Å²) < 4.78 is 94.8. The van der Waals surface area contributed by atoms with Gasteiger partial charge in [-0.15, -0.1) is 0 Å². The first kappa shape index (κ1) is 48.5. The van der Waals surface area contributed by atoms with Gasteiger partial charge in [0, 0.05) is 68.4 Å². The van der Waals surface area contributed by atoms with Crippen LogP contribution in [0.4, 0.5) is 25.0 Å². The second-order valence-corrected chi connectivity index (χ2v) is 17.3. The van der Waals surface area contributed by atoms with Gasteiger partial charge in [-0.2, -0.15) is 18.6 Å². The van der Waals surface area contributed by atoms with E-state index in [4.69, 9.17) is 28.2 Å². The number of aromatic nitrogens is 6. The van der Waals surface area contributed by atoms with Crippen LogP contribution in [0.1, 0.15) is 58.1 Å². The fourth-order valence-electron chi connectivity index (χ4n) is 8.27. The average molecular weight is 955 g/mol. The largest absolute Gasteiger partial charge is 0.511 e. The maximum absolute atomic E-state index is 15.0. The number of rotatable bonds is 20. The SMILES string of the molecule is CC[C@@H]([C@H](C)OC(=O)OC(C)OC(=O)CCCOS(=O)(=O)O)n1ncn(-c2ccc(N3CCN(c4ccc(OC[C@@H]5CO[C@@](Cn6cncn6)(c6ccc(F)cc6F)C5)cc4)CC3)cc2)c1=O. The number of hydrogen-bond acceptors (Lipinski definition) is 16. The average Bonchev–Trinajstić information content (AvgIpc) is 4.06. The molecule has 1 unspecified atom stereocenters. The van der Waals surface area contributed by atoms with Crippen molar-refractivity contribution in [3.05, 3.63) is 113 Å². The molecule has 0 bridgehead atoms. The van der Waals surface area contributed by atoms with E-state index >= 15 is 4.39 Å². The van der Waals surface area contributed by atoms with E-state index in [1.165, 1.54) is 47.3 Å².